The summed E-state index contributed by atoms with van der Waals surface area (Å²) in [4.78, 5) is 0.239. The number of benzene rings is 4. The fourth-order valence-electron chi connectivity index (χ4n) is 4.46. The molecule has 39 heavy (non-hydrogen) atoms. The summed E-state index contributed by atoms with van der Waals surface area (Å²) in [5, 5.41) is 3.57. The van der Waals surface area contributed by atoms with Gasteiger partial charge in [-0.15, -0.1) is 0 Å². The molecule has 0 spiro atoms. The van der Waals surface area contributed by atoms with E-state index in [-0.39, 0.29) is 16.4 Å². The largest absolute Gasteiger partial charge is 0.492 e. The van der Waals surface area contributed by atoms with Gasteiger partial charge in [0.05, 0.1) is 17.0 Å². The quantitative estimate of drug-likeness (QED) is 0.206. The molecular formula is C33H38N2O3S. The Labute approximate surface area is 233 Å². The normalized spacial score (nSPS) is 13.5. The second-order valence-electron chi connectivity index (χ2n) is 10.8. The first-order valence-electron chi connectivity index (χ1n) is 13.3. The van der Waals surface area contributed by atoms with Gasteiger partial charge in [0.15, 0.2) is 0 Å². The van der Waals surface area contributed by atoms with Gasteiger partial charge in [-0.2, -0.15) is 0 Å². The lowest BCUT2D eigenvalue weighted by molar-refractivity contribution is 0.296. The highest BCUT2D eigenvalue weighted by atomic mass is 32.2. The van der Waals surface area contributed by atoms with Crippen molar-refractivity contribution >= 4 is 10.0 Å². The van der Waals surface area contributed by atoms with E-state index in [1.807, 2.05) is 91.9 Å². The second kappa shape index (κ2) is 12.6. The molecule has 0 amide bonds. The molecule has 6 heteroatoms. The van der Waals surface area contributed by atoms with Crippen molar-refractivity contribution in [2.75, 3.05) is 13.2 Å². The monoisotopic (exact) mass is 542 g/mol. The second-order valence-corrected chi connectivity index (χ2v) is 12.5. The average Bonchev–Trinajstić information content (AvgIpc) is 2.93. The predicted octanol–water partition coefficient (Wildman–Crippen LogP) is 6.72. The van der Waals surface area contributed by atoms with Crippen molar-refractivity contribution in [1.82, 2.24) is 10.0 Å². The lowest BCUT2D eigenvalue weighted by Crippen LogP contribution is -2.39. The number of rotatable bonds is 11. The standard InChI is InChI=1S/C33H38N2O3S/c1-25-15-21-30(22-16-25)39(36,37)35-32(27-13-9-6-10-14-27)31(26-11-7-5-8-12-26)34-23-24-38-29-19-17-28(18-20-29)33(2,3)4/h5-22,31-32,34-35H,23-24H2,1-4H3/t31-,32-/m0/s1. The molecule has 0 aromatic heterocycles. The minimum absolute atomic E-state index is 0.0847. The van der Waals surface area contributed by atoms with Gasteiger partial charge in [0.2, 0.25) is 10.0 Å². The van der Waals surface area contributed by atoms with E-state index in [0.29, 0.717) is 13.2 Å². The van der Waals surface area contributed by atoms with Crippen LogP contribution in [0.1, 0.15) is 55.1 Å². The van der Waals surface area contributed by atoms with Crippen LogP contribution in [0.3, 0.4) is 0 Å². The molecule has 4 rings (SSSR count). The zero-order chi connectivity index (χ0) is 27.9. The Kier molecular flexibility index (Phi) is 9.23. The van der Waals surface area contributed by atoms with Gasteiger partial charge in [-0.1, -0.05) is 111 Å². The van der Waals surface area contributed by atoms with Gasteiger partial charge < -0.3 is 10.1 Å². The molecule has 5 nitrogen and oxygen atoms in total. The Morgan fingerprint density at radius 2 is 1.26 bits per heavy atom. The summed E-state index contributed by atoms with van der Waals surface area (Å²) >= 11 is 0. The lowest BCUT2D eigenvalue weighted by atomic mass is 9.87. The van der Waals surface area contributed by atoms with Crippen LogP contribution >= 0.6 is 0 Å². The van der Waals surface area contributed by atoms with Crippen LogP contribution in [0.5, 0.6) is 5.75 Å². The molecule has 0 saturated carbocycles. The van der Waals surface area contributed by atoms with Gasteiger partial charge in [-0.25, -0.2) is 13.1 Å². The molecule has 2 atom stereocenters. The summed E-state index contributed by atoms with van der Waals surface area (Å²) in [6.45, 7) is 9.46. The molecule has 0 heterocycles. The van der Waals surface area contributed by atoms with Crippen LogP contribution in [-0.4, -0.2) is 21.6 Å². The molecule has 4 aromatic rings. The lowest BCUT2D eigenvalue weighted by Gasteiger charge is -2.30. The highest BCUT2D eigenvalue weighted by Crippen LogP contribution is 2.31. The number of aryl methyl sites for hydroxylation is 1. The van der Waals surface area contributed by atoms with Gasteiger partial charge in [0, 0.05) is 6.54 Å². The summed E-state index contributed by atoms with van der Waals surface area (Å²) in [5.41, 5.74) is 4.19. The predicted molar refractivity (Wildman–Crippen MR) is 159 cm³/mol. The Morgan fingerprint density at radius 3 is 1.79 bits per heavy atom. The molecule has 2 N–H and O–H groups in total. The van der Waals surface area contributed by atoms with E-state index in [2.05, 4.69) is 42.9 Å². The summed E-state index contributed by atoms with van der Waals surface area (Å²) in [7, 11) is -3.79. The Morgan fingerprint density at radius 1 is 0.718 bits per heavy atom. The van der Waals surface area contributed by atoms with E-state index in [1.165, 1.54) is 5.56 Å². The third-order valence-electron chi connectivity index (χ3n) is 6.72. The fraction of sp³-hybridized carbons (Fsp3) is 0.273. The van der Waals surface area contributed by atoms with Crippen molar-refractivity contribution in [1.29, 1.82) is 0 Å². The zero-order valence-corrected chi connectivity index (χ0v) is 23.9. The van der Waals surface area contributed by atoms with Gasteiger partial charge in [0.1, 0.15) is 12.4 Å². The van der Waals surface area contributed by atoms with Crippen molar-refractivity contribution in [3.05, 3.63) is 131 Å². The molecule has 0 unspecified atom stereocenters. The maximum atomic E-state index is 13.5. The van der Waals surface area contributed by atoms with Crippen LogP contribution in [0.15, 0.2) is 114 Å². The van der Waals surface area contributed by atoms with Crippen molar-refractivity contribution in [2.45, 2.75) is 50.1 Å². The molecule has 204 valence electrons. The Bertz CT molecular complexity index is 1410. The minimum Gasteiger partial charge on any atom is -0.492 e. The van der Waals surface area contributed by atoms with E-state index in [0.717, 1.165) is 22.4 Å². The van der Waals surface area contributed by atoms with E-state index in [9.17, 15) is 8.42 Å². The molecule has 0 aliphatic rings. The first kappa shape index (κ1) is 28.6. The number of sulfonamides is 1. The van der Waals surface area contributed by atoms with E-state index in [4.69, 9.17) is 4.74 Å². The van der Waals surface area contributed by atoms with Crippen LogP contribution < -0.4 is 14.8 Å². The van der Waals surface area contributed by atoms with Crippen LogP contribution in [0.4, 0.5) is 0 Å². The van der Waals surface area contributed by atoms with Gasteiger partial charge >= 0.3 is 0 Å². The number of nitrogens with one attached hydrogen (secondary N) is 2. The van der Waals surface area contributed by atoms with E-state index < -0.39 is 16.1 Å². The van der Waals surface area contributed by atoms with Crippen molar-refractivity contribution in [3.8, 4) is 5.75 Å². The minimum atomic E-state index is -3.79. The summed E-state index contributed by atoms with van der Waals surface area (Å²) < 4.78 is 36.0. The molecule has 4 aromatic carbocycles. The summed E-state index contributed by atoms with van der Waals surface area (Å²) in [5.74, 6) is 0.806. The van der Waals surface area contributed by atoms with Crippen LogP contribution in [-0.2, 0) is 15.4 Å². The Balaban J connectivity index is 1.56. The van der Waals surface area contributed by atoms with Crippen LogP contribution in [0, 0.1) is 6.92 Å². The number of ether oxygens (including phenoxy) is 1. The molecule has 0 aliphatic heterocycles. The number of hydrogen-bond acceptors (Lipinski definition) is 4. The maximum Gasteiger partial charge on any atom is 0.241 e. The molecule has 0 bridgehead atoms. The van der Waals surface area contributed by atoms with Gasteiger partial charge in [-0.05, 0) is 53.3 Å². The van der Waals surface area contributed by atoms with Gasteiger partial charge in [-0.3, -0.25) is 0 Å². The molecule has 0 saturated heterocycles. The summed E-state index contributed by atoms with van der Waals surface area (Å²) in [6, 6.07) is 33.8. The third kappa shape index (κ3) is 7.79. The third-order valence-corrected chi connectivity index (χ3v) is 8.18. The maximum absolute atomic E-state index is 13.5. The van der Waals surface area contributed by atoms with Crippen molar-refractivity contribution in [3.63, 3.8) is 0 Å². The molecule has 0 fully saturated rings. The average molecular weight is 543 g/mol. The van der Waals surface area contributed by atoms with Crippen LogP contribution in [0.2, 0.25) is 0 Å². The van der Waals surface area contributed by atoms with E-state index in [1.54, 1.807) is 12.1 Å². The zero-order valence-electron chi connectivity index (χ0n) is 23.1. The smallest absolute Gasteiger partial charge is 0.241 e. The van der Waals surface area contributed by atoms with Gasteiger partial charge in [0.25, 0.3) is 0 Å². The summed E-state index contributed by atoms with van der Waals surface area (Å²) in [6.07, 6.45) is 0. The van der Waals surface area contributed by atoms with Crippen LogP contribution in [0.25, 0.3) is 0 Å². The van der Waals surface area contributed by atoms with Crippen molar-refractivity contribution in [2.24, 2.45) is 0 Å². The highest BCUT2D eigenvalue weighted by molar-refractivity contribution is 7.89. The molecular weight excluding hydrogens is 504 g/mol. The number of hydrogen-bond donors (Lipinski definition) is 2. The Hall–Kier alpha value is -3.45. The fourth-order valence-corrected chi connectivity index (χ4v) is 5.70. The SMILES string of the molecule is Cc1ccc(S(=O)(=O)N[C@@H](c2ccccc2)[C@@H](NCCOc2ccc(C(C)(C)C)cc2)c2ccccc2)cc1. The molecule has 0 radical (unpaired) electrons. The highest BCUT2D eigenvalue weighted by Gasteiger charge is 2.29. The van der Waals surface area contributed by atoms with E-state index >= 15 is 0 Å². The van der Waals surface area contributed by atoms with Crippen molar-refractivity contribution < 1.29 is 13.2 Å². The first-order valence-corrected chi connectivity index (χ1v) is 14.8. The first-order chi connectivity index (χ1) is 18.6. The topological polar surface area (TPSA) is 67.4 Å². The molecule has 0 aliphatic carbocycles.